The number of nitrogens with zero attached hydrogens (tertiary/aromatic N) is 1. The van der Waals surface area contributed by atoms with Crippen molar-refractivity contribution in [3.05, 3.63) is 23.5 Å². The summed E-state index contributed by atoms with van der Waals surface area (Å²) in [5, 5.41) is 2.85. The normalized spacial score (nSPS) is 31.4. The second kappa shape index (κ2) is 4.26. The van der Waals surface area contributed by atoms with Crippen LogP contribution in [-0.4, -0.2) is 28.2 Å². The van der Waals surface area contributed by atoms with Crippen LogP contribution in [0.4, 0.5) is 0 Å². The molecule has 0 unspecified atom stereocenters. The van der Waals surface area contributed by atoms with Crippen LogP contribution in [0.2, 0.25) is 0 Å². The van der Waals surface area contributed by atoms with Crippen LogP contribution in [0.1, 0.15) is 40.5 Å². The van der Waals surface area contributed by atoms with E-state index in [4.69, 9.17) is 0 Å². The summed E-state index contributed by atoms with van der Waals surface area (Å²) in [4.78, 5) is 26.0. The highest BCUT2D eigenvalue weighted by Gasteiger charge is 2.50. The molecular weight excluding hydrogens is 228 g/mol. The van der Waals surface area contributed by atoms with Crippen LogP contribution in [0.25, 0.3) is 0 Å². The molecule has 2 aliphatic heterocycles. The van der Waals surface area contributed by atoms with Crippen LogP contribution in [0, 0.1) is 0 Å². The van der Waals surface area contributed by atoms with E-state index < -0.39 is 5.54 Å². The first kappa shape index (κ1) is 12.9. The number of amides is 1. The highest BCUT2D eigenvalue weighted by Crippen LogP contribution is 2.41. The number of carbonyl (C=O) groups excluding carboxylic acids is 2. The summed E-state index contributed by atoms with van der Waals surface area (Å²) >= 11 is 0. The lowest BCUT2D eigenvalue weighted by molar-refractivity contribution is -0.122. The van der Waals surface area contributed by atoms with Gasteiger partial charge in [-0.2, -0.15) is 0 Å². The van der Waals surface area contributed by atoms with Gasteiger partial charge in [-0.3, -0.25) is 9.59 Å². The number of allylic oxidation sites excluding steroid dienone is 1. The van der Waals surface area contributed by atoms with Crippen molar-refractivity contribution >= 4 is 11.7 Å². The number of nitrogens with one attached hydrogen (secondary N) is 1. The van der Waals surface area contributed by atoms with Crippen LogP contribution in [-0.2, 0) is 9.59 Å². The lowest BCUT2D eigenvalue weighted by Crippen LogP contribution is -2.47. The predicted octanol–water partition coefficient (Wildman–Crippen LogP) is 1.74. The van der Waals surface area contributed by atoms with E-state index in [1.807, 2.05) is 13.8 Å². The number of ketones is 1. The first-order chi connectivity index (χ1) is 8.40. The quantitative estimate of drug-likeness (QED) is 0.757. The molecule has 2 rings (SSSR count). The molecule has 1 fully saturated rings. The van der Waals surface area contributed by atoms with Crippen molar-refractivity contribution in [2.75, 3.05) is 0 Å². The standard InChI is InChI=1S/C14H20N2O2/c1-5-9(2)13(18)15-12-8-11(17)14(4)7-6-10(3)16(12)14/h5,8,10H,6-7H2,1-4H3,(H,15,18)/b9-5+/t10-,14+/m0/s1. The fourth-order valence-electron chi connectivity index (χ4n) is 2.76. The molecule has 1 N–H and O–H groups in total. The van der Waals surface area contributed by atoms with E-state index in [9.17, 15) is 9.59 Å². The van der Waals surface area contributed by atoms with Gasteiger partial charge < -0.3 is 10.2 Å². The van der Waals surface area contributed by atoms with Crippen LogP contribution >= 0.6 is 0 Å². The van der Waals surface area contributed by atoms with Crippen molar-refractivity contribution < 1.29 is 9.59 Å². The molecule has 1 amide bonds. The van der Waals surface area contributed by atoms with Gasteiger partial charge in [0.2, 0.25) is 0 Å². The molecule has 2 heterocycles. The van der Waals surface area contributed by atoms with Crippen LogP contribution in [0.15, 0.2) is 23.5 Å². The fraction of sp³-hybridized carbons (Fsp3) is 0.571. The summed E-state index contributed by atoms with van der Waals surface area (Å²) in [6, 6.07) is 0.291. The Morgan fingerprint density at radius 2 is 2.28 bits per heavy atom. The maximum Gasteiger partial charge on any atom is 0.252 e. The monoisotopic (exact) mass is 248 g/mol. The van der Waals surface area contributed by atoms with E-state index in [0.29, 0.717) is 17.4 Å². The zero-order valence-corrected chi connectivity index (χ0v) is 11.4. The van der Waals surface area contributed by atoms with Crippen LogP contribution in [0.5, 0.6) is 0 Å². The minimum Gasteiger partial charge on any atom is -0.342 e. The summed E-state index contributed by atoms with van der Waals surface area (Å²) in [6.45, 7) is 7.63. The van der Waals surface area contributed by atoms with Gasteiger partial charge in [0.05, 0.1) is 0 Å². The molecule has 18 heavy (non-hydrogen) atoms. The van der Waals surface area contributed by atoms with Crippen molar-refractivity contribution in [3.8, 4) is 0 Å². The van der Waals surface area contributed by atoms with Crippen molar-refractivity contribution in [3.63, 3.8) is 0 Å². The molecular formula is C14H20N2O2. The molecule has 0 aromatic rings. The first-order valence-electron chi connectivity index (χ1n) is 6.40. The summed E-state index contributed by atoms with van der Waals surface area (Å²) in [7, 11) is 0. The van der Waals surface area contributed by atoms with Gasteiger partial charge in [0, 0.05) is 17.7 Å². The predicted molar refractivity (Wildman–Crippen MR) is 69.6 cm³/mol. The molecule has 4 heteroatoms. The van der Waals surface area contributed by atoms with E-state index >= 15 is 0 Å². The second-order valence-electron chi connectivity index (χ2n) is 5.35. The van der Waals surface area contributed by atoms with E-state index in [2.05, 4.69) is 17.1 Å². The summed E-state index contributed by atoms with van der Waals surface area (Å²) in [6.07, 6.45) is 5.17. The fourth-order valence-corrected chi connectivity index (χ4v) is 2.76. The molecule has 0 aliphatic carbocycles. The molecule has 0 aromatic heterocycles. The Morgan fingerprint density at radius 3 is 2.89 bits per heavy atom. The molecule has 0 aromatic carbocycles. The molecule has 0 radical (unpaired) electrons. The Balaban J connectivity index is 2.22. The molecule has 1 saturated heterocycles. The average molecular weight is 248 g/mol. The highest BCUT2D eigenvalue weighted by atomic mass is 16.2. The van der Waals surface area contributed by atoms with Gasteiger partial charge in [-0.05, 0) is 40.5 Å². The third-order valence-corrected chi connectivity index (χ3v) is 4.11. The molecule has 98 valence electrons. The van der Waals surface area contributed by atoms with Crippen molar-refractivity contribution in [1.29, 1.82) is 0 Å². The van der Waals surface area contributed by atoms with Gasteiger partial charge >= 0.3 is 0 Å². The number of rotatable bonds is 2. The molecule has 0 bridgehead atoms. The Hall–Kier alpha value is -1.58. The van der Waals surface area contributed by atoms with E-state index in [1.165, 1.54) is 0 Å². The van der Waals surface area contributed by atoms with Crippen LogP contribution < -0.4 is 5.32 Å². The summed E-state index contributed by atoms with van der Waals surface area (Å²) in [5.41, 5.74) is 0.204. The summed E-state index contributed by atoms with van der Waals surface area (Å²) < 4.78 is 0. The van der Waals surface area contributed by atoms with E-state index in [1.54, 1.807) is 19.1 Å². The van der Waals surface area contributed by atoms with Crippen molar-refractivity contribution in [2.45, 2.75) is 52.1 Å². The van der Waals surface area contributed by atoms with E-state index in [-0.39, 0.29) is 11.7 Å². The molecule has 2 aliphatic rings. The third kappa shape index (κ3) is 1.76. The van der Waals surface area contributed by atoms with Gasteiger partial charge in [-0.1, -0.05) is 6.08 Å². The van der Waals surface area contributed by atoms with Gasteiger partial charge in [0.1, 0.15) is 11.4 Å². The van der Waals surface area contributed by atoms with Crippen LogP contribution in [0.3, 0.4) is 0 Å². The minimum atomic E-state index is -0.453. The smallest absolute Gasteiger partial charge is 0.252 e. The van der Waals surface area contributed by atoms with Gasteiger partial charge in [0.25, 0.3) is 5.91 Å². The number of fused-ring (bicyclic) bond motifs is 1. The Labute approximate surface area is 108 Å². The SMILES string of the molecule is C/C=C(\C)C(=O)NC1=CC(=O)[C@@]2(C)CC[C@H](C)N12. The van der Waals surface area contributed by atoms with Crippen molar-refractivity contribution in [2.24, 2.45) is 0 Å². The number of carbonyl (C=O) groups is 2. The lowest BCUT2D eigenvalue weighted by Gasteiger charge is -2.33. The largest absolute Gasteiger partial charge is 0.342 e. The van der Waals surface area contributed by atoms with Gasteiger partial charge in [-0.25, -0.2) is 0 Å². The lowest BCUT2D eigenvalue weighted by atomic mass is 9.96. The van der Waals surface area contributed by atoms with Gasteiger partial charge in [0.15, 0.2) is 5.78 Å². The number of hydrogen-bond acceptors (Lipinski definition) is 3. The third-order valence-electron chi connectivity index (χ3n) is 4.11. The Bertz CT molecular complexity index is 464. The zero-order chi connectivity index (χ0) is 13.5. The number of hydrogen-bond donors (Lipinski definition) is 1. The Morgan fingerprint density at radius 1 is 1.61 bits per heavy atom. The minimum absolute atomic E-state index is 0.0975. The average Bonchev–Trinajstić information content (AvgIpc) is 2.76. The molecule has 0 spiro atoms. The molecule has 4 nitrogen and oxygen atoms in total. The molecule has 0 saturated carbocycles. The highest BCUT2D eigenvalue weighted by molar-refractivity contribution is 6.02. The van der Waals surface area contributed by atoms with Gasteiger partial charge in [-0.15, -0.1) is 0 Å². The molecule has 2 atom stereocenters. The van der Waals surface area contributed by atoms with E-state index in [0.717, 1.165) is 12.8 Å². The maximum atomic E-state index is 12.1. The first-order valence-corrected chi connectivity index (χ1v) is 6.40. The Kier molecular flexibility index (Phi) is 3.05. The summed E-state index contributed by atoms with van der Waals surface area (Å²) in [5.74, 6) is 0.610. The second-order valence-corrected chi connectivity index (χ2v) is 5.35. The topological polar surface area (TPSA) is 49.4 Å². The van der Waals surface area contributed by atoms with Crippen molar-refractivity contribution in [1.82, 2.24) is 10.2 Å². The maximum absolute atomic E-state index is 12.1. The zero-order valence-electron chi connectivity index (χ0n) is 11.4.